The molecule has 2 saturated carbocycles. The van der Waals surface area contributed by atoms with E-state index in [1.807, 2.05) is 31.2 Å². The number of ether oxygens (including phenoxy) is 2. The molecule has 0 N–H and O–H groups in total. The summed E-state index contributed by atoms with van der Waals surface area (Å²) in [7, 11) is 0. The Morgan fingerprint density at radius 3 is 2.68 bits per heavy atom. The van der Waals surface area contributed by atoms with Crippen LogP contribution in [0.2, 0.25) is 0 Å². The summed E-state index contributed by atoms with van der Waals surface area (Å²) in [5.74, 6) is 1.79. The van der Waals surface area contributed by atoms with Gasteiger partial charge in [-0.1, -0.05) is 18.9 Å². The fraction of sp³-hybridized carbons (Fsp3) is 0.625. The second-order valence-corrected chi connectivity index (χ2v) is 6.18. The van der Waals surface area contributed by atoms with Gasteiger partial charge in [0.25, 0.3) is 0 Å². The van der Waals surface area contributed by atoms with E-state index in [2.05, 4.69) is 0 Å². The molecule has 0 amide bonds. The minimum absolute atomic E-state index is 0.239. The van der Waals surface area contributed by atoms with Gasteiger partial charge in [-0.3, -0.25) is 0 Å². The maximum Gasteiger partial charge on any atom is 0.123 e. The summed E-state index contributed by atoms with van der Waals surface area (Å²) in [5, 5.41) is 0.301. The summed E-state index contributed by atoms with van der Waals surface area (Å²) in [6, 6.07) is 7.94. The van der Waals surface area contributed by atoms with E-state index in [0.717, 1.165) is 17.9 Å². The number of halogens is 1. The number of rotatable bonds is 4. The lowest BCUT2D eigenvalue weighted by atomic mass is 9.64. The van der Waals surface area contributed by atoms with Crippen LogP contribution in [0.1, 0.15) is 39.0 Å². The lowest BCUT2D eigenvalue weighted by molar-refractivity contribution is -0.0356. The van der Waals surface area contributed by atoms with Crippen molar-refractivity contribution in [2.75, 3.05) is 6.61 Å². The van der Waals surface area contributed by atoms with E-state index in [0.29, 0.717) is 12.0 Å². The number of hydrogen-bond acceptors (Lipinski definition) is 2. The molecule has 1 aromatic carbocycles. The zero-order valence-electron chi connectivity index (χ0n) is 11.4. The van der Waals surface area contributed by atoms with Crippen LogP contribution in [-0.2, 0) is 0 Å². The molecule has 0 bridgehead atoms. The molecular formula is C16H21ClO2. The van der Waals surface area contributed by atoms with Gasteiger partial charge in [-0.25, -0.2) is 0 Å². The third-order valence-electron chi connectivity index (χ3n) is 4.62. The van der Waals surface area contributed by atoms with Gasteiger partial charge < -0.3 is 9.47 Å². The smallest absolute Gasteiger partial charge is 0.123 e. The summed E-state index contributed by atoms with van der Waals surface area (Å²) in [6.07, 6.45) is 6.28. The Labute approximate surface area is 120 Å². The standard InChI is InChI=1S/C16H21ClO2/c1-2-18-12-6-5-7-13(10-12)19-15-11-14(17)16(15)8-3-4-9-16/h5-7,10,14-15H,2-4,8-9,11H2,1H3. The first-order valence-electron chi connectivity index (χ1n) is 7.28. The molecule has 19 heavy (non-hydrogen) atoms. The fourth-order valence-corrected chi connectivity index (χ4v) is 4.02. The molecule has 0 saturated heterocycles. The largest absolute Gasteiger partial charge is 0.494 e. The Morgan fingerprint density at radius 1 is 1.26 bits per heavy atom. The summed E-state index contributed by atoms with van der Waals surface area (Å²) < 4.78 is 11.7. The van der Waals surface area contributed by atoms with E-state index in [1.165, 1.54) is 25.7 Å². The molecule has 0 aromatic heterocycles. The molecular weight excluding hydrogens is 260 g/mol. The Kier molecular flexibility index (Phi) is 3.62. The number of alkyl halides is 1. The van der Waals surface area contributed by atoms with Gasteiger partial charge in [0.2, 0.25) is 0 Å². The van der Waals surface area contributed by atoms with E-state index in [9.17, 15) is 0 Å². The van der Waals surface area contributed by atoms with E-state index in [-0.39, 0.29) is 11.5 Å². The Bertz CT molecular complexity index is 440. The molecule has 0 aliphatic heterocycles. The predicted octanol–water partition coefficient (Wildman–Crippen LogP) is 4.40. The van der Waals surface area contributed by atoms with Crippen molar-refractivity contribution >= 4 is 11.6 Å². The summed E-state index contributed by atoms with van der Waals surface area (Å²) >= 11 is 6.45. The molecule has 1 aromatic rings. The van der Waals surface area contributed by atoms with Crippen LogP contribution in [0.3, 0.4) is 0 Å². The normalized spacial score (nSPS) is 28.1. The lowest BCUT2D eigenvalue weighted by Gasteiger charge is -2.50. The van der Waals surface area contributed by atoms with Crippen LogP contribution in [0, 0.1) is 5.41 Å². The molecule has 3 heteroatoms. The lowest BCUT2D eigenvalue weighted by Crippen LogP contribution is -2.55. The van der Waals surface area contributed by atoms with E-state index in [4.69, 9.17) is 21.1 Å². The molecule has 2 nitrogen and oxygen atoms in total. The van der Waals surface area contributed by atoms with Gasteiger partial charge in [0.15, 0.2) is 0 Å². The van der Waals surface area contributed by atoms with Gasteiger partial charge in [0.1, 0.15) is 17.6 Å². The average Bonchev–Trinajstić information content (AvgIpc) is 2.92. The molecule has 104 valence electrons. The van der Waals surface area contributed by atoms with E-state index >= 15 is 0 Å². The summed E-state index contributed by atoms with van der Waals surface area (Å²) in [5.41, 5.74) is 0.239. The topological polar surface area (TPSA) is 18.5 Å². The Balaban J connectivity index is 1.70. The molecule has 2 fully saturated rings. The molecule has 3 rings (SSSR count). The van der Waals surface area contributed by atoms with Gasteiger partial charge in [-0.15, -0.1) is 11.6 Å². The summed E-state index contributed by atoms with van der Waals surface area (Å²) in [4.78, 5) is 0. The SMILES string of the molecule is CCOc1cccc(OC2CC(Cl)C23CCCC3)c1. The highest BCUT2D eigenvalue weighted by Crippen LogP contribution is 2.57. The van der Waals surface area contributed by atoms with E-state index < -0.39 is 0 Å². The molecule has 2 unspecified atom stereocenters. The molecule has 0 heterocycles. The van der Waals surface area contributed by atoms with Crippen molar-refractivity contribution < 1.29 is 9.47 Å². The molecule has 2 aliphatic rings. The highest BCUT2D eigenvalue weighted by molar-refractivity contribution is 6.21. The zero-order valence-corrected chi connectivity index (χ0v) is 12.2. The van der Waals surface area contributed by atoms with Crippen molar-refractivity contribution in [2.24, 2.45) is 5.41 Å². The monoisotopic (exact) mass is 280 g/mol. The maximum atomic E-state index is 6.45. The van der Waals surface area contributed by atoms with Crippen molar-refractivity contribution in [1.82, 2.24) is 0 Å². The van der Waals surface area contributed by atoms with Gasteiger partial charge in [-0.2, -0.15) is 0 Å². The second-order valence-electron chi connectivity index (χ2n) is 5.66. The van der Waals surface area contributed by atoms with Crippen LogP contribution < -0.4 is 9.47 Å². The van der Waals surface area contributed by atoms with Crippen molar-refractivity contribution in [3.05, 3.63) is 24.3 Å². The van der Waals surface area contributed by atoms with Crippen LogP contribution in [0.5, 0.6) is 11.5 Å². The Hall–Kier alpha value is -0.890. The first-order chi connectivity index (χ1) is 9.24. The highest BCUT2D eigenvalue weighted by atomic mass is 35.5. The third kappa shape index (κ3) is 2.31. The van der Waals surface area contributed by atoms with Crippen molar-refractivity contribution in [1.29, 1.82) is 0 Å². The van der Waals surface area contributed by atoms with Crippen LogP contribution in [0.25, 0.3) is 0 Å². The van der Waals surface area contributed by atoms with Crippen molar-refractivity contribution in [3.63, 3.8) is 0 Å². The van der Waals surface area contributed by atoms with Gasteiger partial charge in [0.05, 0.1) is 6.61 Å². The van der Waals surface area contributed by atoms with Gasteiger partial charge in [0, 0.05) is 23.3 Å². The van der Waals surface area contributed by atoms with Crippen molar-refractivity contribution in [3.8, 4) is 11.5 Å². The number of hydrogen-bond donors (Lipinski definition) is 0. The van der Waals surface area contributed by atoms with E-state index in [1.54, 1.807) is 0 Å². The second kappa shape index (κ2) is 5.24. The van der Waals surface area contributed by atoms with Crippen molar-refractivity contribution in [2.45, 2.75) is 50.5 Å². The van der Waals surface area contributed by atoms with Gasteiger partial charge >= 0.3 is 0 Å². The molecule has 2 atom stereocenters. The first-order valence-corrected chi connectivity index (χ1v) is 7.72. The third-order valence-corrected chi connectivity index (χ3v) is 5.23. The van der Waals surface area contributed by atoms with Crippen LogP contribution in [-0.4, -0.2) is 18.1 Å². The van der Waals surface area contributed by atoms with Crippen LogP contribution in [0.15, 0.2) is 24.3 Å². The maximum absolute atomic E-state index is 6.45. The minimum atomic E-state index is 0.239. The quantitative estimate of drug-likeness (QED) is 0.761. The Morgan fingerprint density at radius 2 is 2.00 bits per heavy atom. The highest BCUT2D eigenvalue weighted by Gasteiger charge is 2.56. The zero-order chi connectivity index (χ0) is 13.3. The fourth-order valence-electron chi connectivity index (χ4n) is 3.50. The molecule has 1 spiro atoms. The predicted molar refractivity (Wildman–Crippen MR) is 77.2 cm³/mol. The van der Waals surface area contributed by atoms with Crippen LogP contribution in [0.4, 0.5) is 0 Å². The first kappa shape index (κ1) is 13.1. The average molecular weight is 281 g/mol. The summed E-state index contributed by atoms with van der Waals surface area (Å²) in [6.45, 7) is 2.67. The van der Waals surface area contributed by atoms with Gasteiger partial charge in [-0.05, 0) is 31.9 Å². The minimum Gasteiger partial charge on any atom is -0.494 e. The number of benzene rings is 1. The van der Waals surface area contributed by atoms with Crippen LogP contribution >= 0.6 is 11.6 Å². The molecule has 0 radical (unpaired) electrons. The molecule has 2 aliphatic carbocycles.